The Balaban J connectivity index is 2.62. The highest BCUT2D eigenvalue weighted by atomic mass is 79.9. The van der Waals surface area contributed by atoms with Gasteiger partial charge in [-0.2, -0.15) is 0 Å². The molecule has 0 aliphatic carbocycles. The van der Waals surface area contributed by atoms with Crippen molar-refractivity contribution in [2.45, 2.75) is 25.9 Å². The van der Waals surface area contributed by atoms with Gasteiger partial charge in [-0.05, 0) is 45.6 Å². The minimum absolute atomic E-state index is 0.0769. The van der Waals surface area contributed by atoms with Crippen molar-refractivity contribution >= 4 is 21.9 Å². The second kappa shape index (κ2) is 6.50. The molecule has 0 heterocycles. The lowest BCUT2D eigenvalue weighted by Gasteiger charge is -2.32. The van der Waals surface area contributed by atoms with Gasteiger partial charge in [-0.25, -0.2) is 4.79 Å². The second-order valence-corrected chi connectivity index (χ2v) is 6.28. The van der Waals surface area contributed by atoms with Crippen LogP contribution in [0.1, 0.15) is 29.8 Å². The fourth-order valence-corrected chi connectivity index (χ4v) is 2.00. The molecule has 1 rings (SSSR count). The topological polar surface area (TPSA) is 52.6 Å². The lowest BCUT2D eigenvalue weighted by Crippen LogP contribution is -2.46. The van der Waals surface area contributed by atoms with E-state index in [2.05, 4.69) is 54.1 Å². The molecule has 4 nitrogen and oxygen atoms in total. The number of carboxylic acid groups (broad SMARTS) is 1. The Bertz CT molecular complexity index is 459. The third kappa shape index (κ3) is 4.60. The summed E-state index contributed by atoms with van der Waals surface area (Å²) >= 11 is 3.41. The SMILES string of the molecule is CN(C)C(C)(C)CNCc1ccc(C(=O)O)cc1Br. The van der Waals surface area contributed by atoms with Gasteiger partial charge in [0.2, 0.25) is 0 Å². The van der Waals surface area contributed by atoms with Gasteiger partial charge in [0, 0.05) is 23.1 Å². The third-order valence-corrected chi connectivity index (χ3v) is 4.12. The fraction of sp³-hybridized carbons (Fsp3) is 0.500. The molecule has 0 bridgehead atoms. The van der Waals surface area contributed by atoms with E-state index >= 15 is 0 Å². The van der Waals surface area contributed by atoms with Crippen LogP contribution in [0.5, 0.6) is 0 Å². The van der Waals surface area contributed by atoms with Crippen LogP contribution in [0.2, 0.25) is 0 Å². The first kappa shape index (κ1) is 16.1. The first-order valence-corrected chi connectivity index (χ1v) is 6.93. The predicted molar refractivity (Wildman–Crippen MR) is 80.6 cm³/mol. The number of halogens is 1. The molecule has 0 saturated carbocycles. The maximum Gasteiger partial charge on any atom is 0.335 e. The van der Waals surface area contributed by atoms with E-state index in [0.717, 1.165) is 16.6 Å². The van der Waals surface area contributed by atoms with Crippen molar-refractivity contribution < 1.29 is 9.90 Å². The van der Waals surface area contributed by atoms with Gasteiger partial charge < -0.3 is 15.3 Å². The summed E-state index contributed by atoms with van der Waals surface area (Å²) < 4.78 is 0.822. The van der Waals surface area contributed by atoms with Crippen molar-refractivity contribution in [3.8, 4) is 0 Å². The summed E-state index contributed by atoms with van der Waals surface area (Å²) in [4.78, 5) is 13.0. The number of aromatic carboxylic acids is 1. The van der Waals surface area contributed by atoms with Gasteiger partial charge >= 0.3 is 5.97 Å². The number of hydrogen-bond donors (Lipinski definition) is 2. The standard InChI is InChI=1S/C14H21BrN2O2/c1-14(2,17(3)4)9-16-8-11-6-5-10(13(18)19)7-12(11)15/h5-7,16H,8-9H2,1-4H3,(H,18,19). The van der Waals surface area contributed by atoms with Crippen LogP contribution < -0.4 is 5.32 Å². The average Bonchev–Trinajstić information content (AvgIpc) is 2.30. The van der Waals surface area contributed by atoms with Crippen LogP contribution in [-0.2, 0) is 6.54 Å². The number of rotatable bonds is 6. The van der Waals surface area contributed by atoms with Gasteiger partial charge in [0.05, 0.1) is 5.56 Å². The van der Waals surface area contributed by atoms with Crippen molar-refractivity contribution in [3.63, 3.8) is 0 Å². The van der Waals surface area contributed by atoms with Crippen molar-refractivity contribution in [1.29, 1.82) is 0 Å². The van der Waals surface area contributed by atoms with Gasteiger partial charge in [0.1, 0.15) is 0 Å². The lowest BCUT2D eigenvalue weighted by atomic mass is 10.0. The Morgan fingerprint density at radius 1 is 1.42 bits per heavy atom. The zero-order chi connectivity index (χ0) is 14.6. The Hall–Kier alpha value is -0.910. The summed E-state index contributed by atoms with van der Waals surface area (Å²) in [5, 5.41) is 12.3. The maximum absolute atomic E-state index is 10.8. The van der Waals surface area contributed by atoms with Gasteiger partial charge in [-0.15, -0.1) is 0 Å². The van der Waals surface area contributed by atoms with E-state index in [4.69, 9.17) is 5.11 Å². The van der Waals surface area contributed by atoms with E-state index in [0.29, 0.717) is 12.1 Å². The lowest BCUT2D eigenvalue weighted by molar-refractivity contribution is 0.0697. The van der Waals surface area contributed by atoms with Crippen LogP contribution >= 0.6 is 15.9 Å². The van der Waals surface area contributed by atoms with Crippen LogP contribution in [0.15, 0.2) is 22.7 Å². The molecule has 1 aromatic carbocycles. The Kier molecular flexibility index (Phi) is 5.52. The average molecular weight is 329 g/mol. The molecule has 0 amide bonds. The predicted octanol–water partition coefficient (Wildman–Crippen LogP) is 2.58. The molecule has 0 unspecified atom stereocenters. The van der Waals surface area contributed by atoms with E-state index in [-0.39, 0.29) is 5.54 Å². The Morgan fingerprint density at radius 2 is 2.05 bits per heavy atom. The van der Waals surface area contributed by atoms with E-state index in [9.17, 15) is 4.79 Å². The summed E-state index contributed by atoms with van der Waals surface area (Å²) in [6.45, 7) is 5.90. The molecule has 0 aromatic heterocycles. The monoisotopic (exact) mass is 328 g/mol. The molecule has 2 N–H and O–H groups in total. The Labute approximate surface area is 122 Å². The van der Waals surface area contributed by atoms with Crippen molar-refractivity contribution in [2.75, 3.05) is 20.6 Å². The molecule has 19 heavy (non-hydrogen) atoms. The molecule has 0 spiro atoms. The number of carboxylic acids is 1. The molecule has 0 saturated heterocycles. The van der Waals surface area contributed by atoms with E-state index in [1.54, 1.807) is 12.1 Å². The van der Waals surface area contributed by atoms with Crippen molar-refractivity contribution in [3.05, 3.63) is 33.8 Å². The van der Waals surface area contributed by atoms with Crippen molar-refractivity contribution in [1.82, 2.24) is 10.2 Å². The minimum atomic E-state index is -0.908. The van der Waals surface area contributed by atoms with Crippen LogP contribution in [0.4, 0.5) is 0 Å². The fourth-order valence-electron chi connectivity index (χ4n) is 1.48. The van der Waals surface area contributed by atoms with Gasteiger partial charge in [-0.3, -0.25) is 0 Å². The molecule has 0 radical (unpaired) electrons. The van der Waals surface area contributed by atoms with Gasteiger partial charge in [-0.1, -0.05) is 22.0 Å². The molecular formula is C14H21BrN2O2. The molecule has 0 fully saturated rings. The van der Waals surface area contributed by atoms with Crippen molar-refractivity contribution in [2.24, 2.45) is 0 Å². The highest BCUT2D eigenvalue weighted by Crippen LogP contribution is 2.19. The quantitative estimate of drug-likeness (QED) is 0.842. The first-order chi connectivity index (χ1) is 8.74. The van der Waals surface area contributed by atoms with Crippen LogP contribution in [0.25, 0.3) is 0 Å². The summed E-state index contributed by atoms with van der Waals surface area (Å²) in [6.07, 6.45) is 0. The van der Waals surface area contributed by atoms with E-state index in [1.807, 2.05) is 6.07 Å². The smallest absolute Gasteiger partial charge is 0.335 e. The largest absolute Gasteiger partial charge is 0.478 e. The zero-order valence-electron chi connectivity index (χ0n) is 11.8. The number of likely N-dealkylation sites (N-methyl/N-ethyl adjacent to an activating group) is 1. The summed E-state index contributed by atoms with van der Waals surface area (Å²) in [6, 6.07) is 5.10. The number of carbonyl (C=O) groups is 1. The third-order valence-electron chi connectivity index (χ3n) is 3.38. The number of nitrogens with one attached hydrogen (secondary N) is 1. The molecular weight excluding hydrogens is 308 g/mol. The number of hydrogen-bond acceptors (Lipinski definition) is 3. The van der Waals surface area contributed by atoms with Crippen LogP contribution in [0.3, 0.4) is 0 Å². The molecule has 0 aliphatic rings. The molecule has 0 atom stereocenters. The number of nitrogens with zero attached hydrogens (tertiary/aromatic N) is 1. The normalized spacial score (nSPS) is 11.9. The Morgan fingerprint density at radius 3 is 2.53 bits per heavy atom. The van der Waals surface area contributed by atoms with Gasteiger partial charge in [0.25, 0.3) is 0 Å². The van der Waals surface area contributed by atoms with Gasteiger partial charge in [0.15, 0.2) is 0 Å². The second-order valence-electron chi connectivity index (χ2n) is 5.42. The van der Waals surface area contributed by atoms with Crippen LogP contribution in [-0.4, -0.2) is 42.2 Å². The molecule has 106 valence electrons. The summed E-state index contributed by atoms with van der Waals surface area (Å²) in [5.41, 5.74) is 1.43. The minimum Gasteiger partial charge on any atom is -0.478 e. The summed E-state index contributed by atoms with van der Waals surface area (Å²) in [5.74, 6) is -0.908. The number of benzene rings is 1. The van der Waals surface area contributed by atoms with E-state index < -0.39 is 5.97 Å². The first-order valence-electron chi connectivity index (χ1n) is 6.14. The zero-order valence-corrected chi connectivity index (χ0v) is 13.4. The highest BCUT2D eigenvalue weighted by Gasteiger charge is 2.19. The van der Waals surface area contributed by atoms with Crippen LogP contribution in [0, 0.1) is 0 Å². The maximum atomic E-state index is 10.8. The van der Waals surface area contributed by atoms with E-state index in [1.165, 1.54) is 0 Å². The molecule has 0 aliphatic heterocycles. The highest BCUT2D eigenvalue weighted by molar-refractivity contribution is 9.10. The molecule has 1 aromatic rings. The summed E-state index contributed by atoms with van der Waals surface area (Å²) in [7, 11) is 4.11. The molecule has 5 heteroatoms.